The Morgan fingerprint density at radius 3 is 0.375 bits per heavy atom. The van der Waals surface area contributed by atoms with Gasteiger partial charge in [0.2, 0.25) is 0 Å². The van der Waals surface area contributed by atoms with E-state index in [9.17, 15) is 0 Å². The van der Waals surface area contributed by atoms with Crippen LogP contribution in [0.5, 0.6) is 0 Å². The minimum atomic E-state index is 0. The molecule has 0 heteroatoms. The highest BCUT2D eigenvalue weighted by Crippen LogP contribution is 0.151. The molecule has 0 radical (unpaired) electrons. The molecule has 0 aromatic carbocycles. The van der Waals surface area contributed by atoms with Crippen LogP contribution in [0.4, 0.5) is 0 Å². The van der Waals surface area contributed by atoms with Crippen LogP contribution in [-0.4, -0.2) is 0 Å². The van der Waals surface area contributed by atoms with Gasteiger partial charge in [0.1, 0.15) is 0 Å². The highest BCUT2D eigenvalue weighted by molar-refractivity contribution is 2.51. The second-order valence-corrected chi connectivity index (χ2v) is 0. The summed E-state index contributed by atoms with van der Waals surface area (Å²) in [5, 5.41) is 0. The van der Waals surface area contributed by atoms with Gasteiger partial charge >= 0.3 is 0 Å². The van der Waals surface area contributed by atoms with Crippen LogP contribution in [0.3, 0.4) is 0 Å². The summed E-state index contributed by atoms with van der Waals surface area (Å²) >= 11 is 0. The molecule has 0 spiro atoms. The Balaban J connectivity index is -0.00000000352. The summed E-state index contributed by atoms with van der Waals surface area (Å²) in [7, 11) is 0. The third-order valence-electron chi connectivity index (χ3n) is 0. The van der Waals surface area contributed by atoms with Gasteiger partial charge < -0.3 is 0 Å². The molecule has 0 aromatic rings. The fourth-order valence-electron chi connectivity index (χ4n) is 0. The van der Waals surface area contributed by atoms with E-state index in [4.69, 9.17) is 104 Å². The van der Waals surface area contributed by atoms with Crippen molar-refractivity contribution >= 4 is 0 Å². The van der Waals surface area contributed by atoms with Crippen molar-refractivity contribution in [3.63, 3.8) is 0 Å². The smallest absolute Gasteiger partial charge is 0 e. The van der Waals surface area contributed by atoms with Gasteiger partial charge in [-0.1, -0.05) is 59.4 Å². The summed E-state index contributed by atoms with van der Waals surface area (Å²) in [5.74, 6) is 0. The molecular formula is C8H108. The van der Waals surface area contributed by atoms with Crippen molar-refractivity contribution in [1.82, 2.24) is 0 Å². The summed E-state index contributed by atoms with van der Waals surface area (Å²) in [6.07, 6.45) is 0. The normalized spacial score (nSPS) is 35.0. The van der Waals surface area contributed by atoms with Gasteiger partial charge in [0.15, 0.2) is 0 Å². The van der Waals surface area contributed by atoms with Gasteiger partial charge in [-0.3, -0.25) is 0 Å². The molecule has 0 saturated heterocycles. The van der Waals surface area contributed by atoms with E-state index in [0.29, 0.717) is 0 Å². The van der Waals surface area contributed by atoms with E-state index >= 15 is 0 Å². The molecule has 0 heterocycles. The van der Waals surface area contributed by atoms with Crippen LogP contribution in [-0.2, 0) is 0 Å². The molecule has 0 atom stereocenters. The molecule has 0 aromatic heterocycles. The van der Waals surface area contributed by atoms with E-state index in [1.54, 1.807) is 0 Å². The van der Waals surface area contributed by atoms with Crippen molar-refractivity contribution in [3.8, 4) is 0 Å². The van der Waals surface area contributed by atoms with Crippen LogP contribution in [0.2, 0.25) is 0 Å². The highest BCUT2D eigenvalue weighted by atomic mass is 12.0. The lowest BCUT2D eigenvalue weighted by Gasteiger charge is -0.0786. The standard InChI is InChI=1S/8CH4.38H2/h8*1H4;38*1H/i;;;;;;;;35*1+1D;3*1+1. The monoisotopic (exact) mass is 278 g/mol. The van der Waals surface area contributed by atoms with Gasteiger partial charge in [0, 0.05) is 108 Å². The molecule has 0 bridgehead atoms. The minimum absolute atomic E-state index is 0. The molecule has 0 aliphatic carbocycles. The molecule has 0 nitrogen and oxygen atoms in total. The van der Waals surface area contributed by atoms with Crippen molar-refractivity contribution < 1.29 is 108 Å². The molecule has 0 N–H and O–H groups in total. The maximum atomic E-state index is 5.00. The van der Waals surface area contributed by atoms with E-state index in [2.05, 4.69) is 0 Å². The first-order chi connectivity index (χ1) is 35.0. The van der Waals surface area contributed by atoms with Crippen molar-refractivity contribution in [1.29, 1.82) is 0 Å². The summed E-state index contributed by atoms with van der Waals surface area (Å²) in [6.45, 7) is 0. The largest absolute Gasteiger partial charge is 0.0776 e. The summed E-state index contributed by atoms with van der Waals surface area (Å²) in [4.78, 5) is 0. The molecule has 0 aliphatic rings. The first-order valence-corrected chi connectivity index (χ1v) is 0. The van der Waals surface area contributed by atoms with Gasteiger partial charge in [-0.25, -0.2) is 0 Å². The molecule has 0 aliphatic heterocycles. The summed E-state index contributed by atoms with van der Waals surface area (Å²) in [6, 6.07) is 0. The van der Waals surface area contributed by atoms with Gasteiger partial charge in [-0.15, -0.1) is 0 Å². The second-order valence-electron chi connectivity index (χ2n) is 0. The van der Waals surface area contributed by atoms with E-state index in [1.165, 1.54) is 0 Å². The van der Waals surface area contributed by atoms with Crippen molar-refractivity contribution in [3.05, 3.63) is 0 Å². The fourth-order valence-corrected chi connectivity index (χ4v) is 0. The maximum Gasteiger partial charge on any atom is 0 e. The summed E-state index contributed by atoms with van der Waals surface area (Å²) < 4.78 is 350. The third kappa shape index (κ3) is 0. The summed E-state index contributed by atoms with van der Waals surface area (Å²) in [5.41, 5.74) is 0. The Morgan fingerprint density at radius 2 is 0.375 bits per heavy atom. The quantitative estimate of drug-likeness (QED) is 0.413. The molecule has 0 rings (SSSR count). The molecule has 0 saturated carbocycles. The average Bonchev–Trinajstić information content (AvgIpc) is 3.61. The zero-order valence-corrected chi connectivity index (χ0v) is 0. The van der Waals surface area contributed by atoms with Crippen LogP contribution in [0.1, 0.15) is 168 Å². The van der Waals surface area contributed by atoms with Crippen molar-refractivity contribution in [2.24, 2.45) is 0 Å². The second kappa shape index (κ2) is 0. The average molecular weight is 278 g/mol. The Labute approximate surface area is 173 Å². The zero-order valence-electron chi connectivity index (χ0n) is 70.0. The lowest BCUT2D eigenvalue weighted by atomic mass is 12.0. The molecule has 0 fully saturated rings. The lowest BCUT2D eigenvalue weighted by molar-refractivity contribution is 2.50. The molecule has 140 valence electrons. The SMILES string of the molecule is C.C.C.C.C.C.C.C.[2HH].[2HH].[2HH].[2H][2H].[2H][2H].[2H][2H].[2H][2H].[2H][2H].[2H][2H].[2H][2H].[2H][2H].[2H][2H].[2H][2H].[2H][2H].[2H][2H].[2H][2H].[2H][2H].[2H][2H].[2H][2H].[2H][2H].[2H][2H].[2H][2H].[2H][2H].[2H][2H].[2H][2H].[2H][2H].[2H][2H].[2H][2H].[2H][2H].[2H][2H].[2H][2H].[2H][2H].[2H][2H].[2H][2H].[2H][2H].[2H][2H].[2H][2H].[2H][2H]. The van der Waals surface area contributed by atoms with E-state index < -0.39 is 0 Å². The Bertz CT molecular complexity index is 37.7. The minimum Gasteiger partial charge on any atom is -0.0776 e. The van der Waals surface area contributed by atoms with Crippen LogP contribution in [0, 0.1) is 0 Å². The predicted octanol–water partition coefficient (Wildman–Crippen LogP) is 14.4. The van der Waals surface area contributed by atoms with Gasteiger partial charge in [0.25, 0.3) is 0 Å². The van der Waals surface area contributed by atoms with Crippen LogP contribution in [0.15, 0.2) is 0 Å². The number of rotatable bonds is 0. The third-order valence-corrected chi connectivity index (χ3v) is 0. The van der Waals surface area contributed by atoms with Crippen LogP contribution in [0.25, 0.3) is 0 Å². The van der Waals surface area contributed by atoms with Crippen LogP contribution < -0.4 is 0 Å². The molecule has 8 heavy (non-hydrogen) atoms. The van der Waals surface area contributed by atoms with Gasteiger partial charge in [0.05, 0.1) is 0 Å². The van der Waals surface area contributed by atoms with Crippen LogP contribution >= 0.6 is 0 Å². The first kappa shape index (κ1) is 0.320. The fraction of sp³-hybridized carbons (Fsp3) is 1.00. The molecular weight excluding hydrogens is 96.1 g/mol. The number of hydrogen-bond donors (Lipinski definition) is 0. The van der Waals surface area contributed by atoms with E-state index in [1.807, 2.05) is 0 Å². The highest BCUT2D eigenvalue weighted by Gasteiger charge is -0.0706. The van der Waals surface area contributed by atoms with Crippen molar-refractivity contribution in [2.45, 2.75) is 59.4 Å². The maximum absolute atomic E-state index is 5.00. The zero-order chi connectivity index (χ0) is 70.0. The topological polar surface area (TPSA) is 0 Å². The molecule has 0 amide bonds. The first-order valence-electron chi connectivity index (χ1n) is 35.0. The van der Waals surface area contributed by atoms with Gasteiger partial charge in [-0.2, -0.15) is 0 Å². The Kier molecular flexibility index (Phi) is 0. The van der Waals surface area contributed by atoms with Crippen molar-refractivity contribution in [2.75, 3.05) is 0 Å². The molecule has 0 unspecified atom stereocenters. The predicted molar refractivity (Wildman–Crippen MR) is 134 cm³/mol. The lowest BCUT2D eigenvalue weighted by Crippen LogP contribution is 0.143. The number of hydrogen-bond acceptors (Lipinski definition) is 0. The van der Waals surface area contributed by atoms with E-state index in [0.717, 1.165) is 0 Å². The van der Waals surface area contributed by atoms with Gasteiger partial charge in [-0.05, 0) is 0 Å². The van der Waals surface area contributed by atoms with E-state index in [-0.39, 0.29) is 63.7 Å². The Morgan fingerprint density at radius 1 is 0.375 bits per heavy atom. The Hall–Kier alpha value is 0.